The van der Waals surface area contributed by atoms with Crippen molar-refractivity contribution in [1.29, 1.82) is 5.41 Å². The molecule has 0 fully saturated rings. The van der Waals surface area contributed by atoms with Gasteiger partial charge in [0.2, 0.25) is 0 Å². The zero-order valence-corrected chi connectivity index (χ0v) is 7.55. The molecule has 0 aliphatic rings. The summed E-state index contributed by atoms with van der Waals surface area (Å²) in [5.41, 5.74) is 0. The van der Waals surface area contributed by atoms with E-state index in [0.717, 1.165) is 11.0 Å². The highest BCUT2D eigenvalue weighted by molar-refractivity contribution is 5.57. The van der Waals surface area contributed by atoms with E-state index in [1.54, 1.807) is 6.92 Å². The van der Waals surface area contributed by atoms with Crippen LogP contribution >= 0.6 is 0 Å². The van der Waals surface area contributed by atoms with Crippen molar-refractivity contribution in [3.05, 3.63) is 0 Å². The number of hydrogen-bond acceptors (Lipinski definition) is 3. The van der Waals surface area contributed by atoms with Crippen molar-refractivity contribution in [2.75, 3.05) is 27.7 Å². The van der Waals surface area contributed by atoms with Gasteiger partial charge in [-0.2, -0.15) is 0 Å². The van der Waals surface area contributed by atoms with Gasteiger partial charge in [0, 0.05) is 0 Å². The first-order chi connectivity index (χ1) is 4.81. The van der Waals surface area contributed by atoms with E-state index in [2.05, 4.69) is 4.74 Å². The van der Waals surface area contributed by atoms with Gasteiger partial charge >= 0.3 is 0 Å². The second kappa shape index (κ2) is 3.57. The SMILES string of the molecule is C[C@@H](C[N+](C)(C)C)OC(=N)[O-]. The summed E-state index contributed by atoms with van der Waals surface area (Å²) in [5.74, 6) is 0. The lowest BCUT2D eigenvalue weighted by Crippen LogP contribution is -2.42. The van der Waals surface area contributed by atoms with Gasteiger partial charge in [-0.3, -0.25) is 5.41 Å². The lowest BCUT2D eigenvalue weighted by Gasteiger charge is -2.30. The number of nitrogens with one attached hydrogen (secondary N) is 1. The fourth-order valence-electron chi connectivity index (χ4n) is 0.991. The van der Waals surface area contributed by atoms with Crippen LogP contribution in [0.3, 0.4) is 0 Å². The predicted molar refractivity (Wildman–Crippen MR) is 41.2 cm³/mol. The van der Waals surface area contributed by atoms with Gasteiger partial charge in [0.15, 0.2) is 0 Å². The molecule has 0 aromatic heterocycles. The van der Waals surface area contributed by atoms with Crippen LogP contribution in [0.25, 0.3) is 0 Å². The average Bonchev–Trinajstić information content (AvgIpc) is 1.53. The first kappa shape index (κ1) is 10.2. The Hall–Kier alpha value is -0.770. The van der Waals surface area contributed by atoms with Crippen molar-refractivity contribution in [2.24, 2.45) is 0 Å². The van der Waals surface area contributed by atoms with E-state index >= 15 is 0 Å². The van der Waals surface area contributed by atoms with Crippen molar-refractivity contribution >= 4 is 6.08 Å². The molecule has 0 aromatic rings. The van der Waals surface area contributed by atoms with Gasteiger partial charge in [-0.1, -0.05) is 0 Å². The number of likely N-dealkylation sites (N-methyl/N-ethyl adjacent to an activating group) is 1. The molecule has 4 heteroatoms. The Balaban J connectivity index is 3.69. The van der Waals surface area contributed by atoms with Crippen molar-refractivity contribution in [3.8, 4) is 0 Å². The quantitative estimate of drug-likeness (QED) is 0.340. The van der Waals surface area contributed by atoms with Crippen LogP contribution in [0.15, 0.2) is 0 Å². The van der Waals surface area contributed by atoms with E-state index in [1.165, 1.54) is 0 Å². The molecule has 0 radical (unpaired) electrons. The fourth-order valence-corrected chi connectivity index (χ4v) is 0.991. The standard InChI is InChI=1S/C7H16N2O2/c1-6(11-7(8)10)5-9(2,3)4/h6H,5H2,1-4H3,(H-,8,10)/t6-/m0/s1. The molecule has 11 heavy (non-hydrogen) atoms. The largest absolute Gasteiger partial charge is 0.592 e. The molecule has 1 N–H and O–H groups in total. The highest BCUT2D eigenvalue weighted by Crippen LogP contribution is 1.97. The van der Waals surface area contributed by atoms with E-state index in [9.17, 15) is 5.11 Å². The third-order valence-electron chi connectivity index (χ3n) is 1.11. The maximum absolute atomic E-state index is 10.2. The molecule has 0 saturated heterocycles. The Kier molecular flexibility index (Phi) is 3.32. The molecule has 0 rings (SSSR count). The molecule has 0 unspecified atom stereocenters. The Bertz CT molecular complexity index is 140. The summed E-state index contributed by atoms with van der Waals surface area (Å²) >= 11 is 0. The van der Waals surface area contributed by atoms with Gasteiger partial charge in [0.05, 0.1) is 33.8 Å². The van der Waals surface area contributed by atoms with Gasteiger partial charge in [-0.15, -0.1) is 0 Å². The summed E-state index contributed by atoms with van der Waals surface area (Å²) in [6, 6.07) is 0. The van der Waals surface area contributed by atoms with Crippen molar-refractivity contribution < 1.29 is 14.3 Å². The lowest BCUT2D eigenvalue weighted by molar-refractivity contribution is -0.873. The summed E-state index contributed by atoms with van der Waals surface area (Å²) < 4.78 is 5.37. The van der Waals surface area contributed by atoms with Crippen molar-refractivity contribution in [3.63, 3.8) is 0 Å². The molecule has 0 heterocycles. The van der Waals surface area contributed by atoms with Crippen LogP contribution in [0, 0.1) is 5.41 Å². The van der Waals surface area contributed by atoms with Crippen molar-refractivity contribution in [1.82, 2.24) is 0 Å². The highest BCUT2D eigenvalue weighted by Gasteiger charge is 2.10. The summed E-state index contributed by atoms with van der Waals surface area (Å²) in [5, 5.41) is 16.7. The average molecular weight is 160 g/mol. The first-order valence-electron chi connectivity index (χ1n) is 3.54. The monoisotopic (exact) mass is 160 g/mol. The normalized spacial score (nSPS) is 14.2. The molecule has 0 aliphatic heterocycles. The Morgan fingerprint density at radius 1 is 1.55 bits per heavy atom. The molecular formula is C7H16N2O2. The van der Waals surface area contributed by atoms with E-state index in [0.29, 0.717) is 0 Å². The molecule has 0 saturated carbocycles. The number of hydrogen-bond donors (Lipinski definition) is 1. The number of ether oxygens (including phenoxy) is 1. The van der Waals surface area contributed by atoms with Gasteiger partial charge in [0.1, 0.15) is 6.08 Å². The number of rotatable bonds is 3. The second-order valence-electron chi connectivity index (χ2n) is 3.69. The van der Waals surface area contributed by atoms with Crippen molar-refractivity contribution in [2.45, 2.75) is 13.0 Å². The molecule has 0 bridgehead atoms. The van der Waals surface area contributed by atoms with Crippen LogP contribution in [0.5, 0.6) is 0 Å². The van der Waals surface area contributed by atoms with Crippen LogP contribution < -0.4 is 5.11 Å². The zero-order valence-electron chi connectivity index (χ0n) is 7.55. The molecule has 0 amide bonds. The number of quaternary nitrogens is 1. The minimum atomic E-state index is -0.953. The molecule has 66 valence electrons. The van der Waals surface area contributed by atoms with Crippen LogP contribution in [0.2, 0.25) is 0 Å². The highest BCUT2D eigenvalue weighted by atomic mass is 16.6. The zero-order chi connectivity index (χ0) is 9.07. The summed E-state index contributed by atoms with van der Waals surface area (Å²) in [4.78, 5) is 0. The first-order valence-corrected chi connectivity index (χ1v) is 3.54. The van der Waals surface area contributed by atoms with E-state index < -0.39 is 6.08 Å². The van der Waals surface area contributed by atoms with E-state index in [1.807, 2.05) is 21.1 Å². The maximum atomic E-state index is 10.2. The van der Waals surface area contributed by atoms with Crippen LogP contribution in [0.4, 0.5) is 0 Å². The third kappa shape index (κ3) is 7.12. The van der Waals surface area contributed by atoms with Gasteiger partial charge in [0.25, 0.3) is 0 Å². The second-order valence-corrected chi connectivity index (χ2v) is 3.69. The smallest absolute Gasteiger partial charge is 0.142 e. The third-order valence-corrected chi connectivity index (χ3v) is 1.11. The molecule has 0 aliphatic carbocycles. The summed E-state index contributed by atoms with van der Waals surface area (Å²) in [6.07, 6.45) is -1.13. The van der Waals surface area contributed by atoms with Gasteiger partial charge in [-0.05, 0) is 6.92 Å². The summed E-state index contributed by atoms with van der Waals surface area (Å²) in [6.45, 7) is 2.51. The predicted octanol–water partition coefficient (Wildman–Crippen LogP) is -0.607. The Labute approximate surface area is 67.5 Å². The topological polar surface area (TPSA) is 56.1 Å². The minimum Gasteiger partial charge on any atom is -0.592 e. The molecular weight excluding hydrogens is 144 g/mol. The van der Waals surface area contributed by atoms with Gasteiger partial charge < -0.3 is 14.3 Å². The number of nitrogens with zero attached hydrogens (tertiary/aromatic N) is 1. The van der Waals surface area contributed by atoms with Crippen LogP contribution in [0.1, 0.15) is 6.92 Å². The summed E-state index contributed by atoms with van der Waals surface area (Å²) in [7, 11) is 6.02. The van der Waals surface area contributed by atoms with E-state index in [-0.39, 0.29) is 6.10 Å². The fraction of sp³-hybridized carbons (Fsp3) is 0.857. The molecule has 4 nitrogen and oxygen atoms in total. The molecule has 0 aromatic carbocycles. The minimum absolute atomic E-state index is 0.181. The lowest BCUT2D eigenvalue weighted by atomic mass is 10.3. The Morgan fingerprint density at radius 2 is 2.00 bits per heavy atom. The van der Waals surface area contributed by atoms with Crippen LogP contribution in [-0.4, -0.2) is 44.4 Å². The van der Waals surface area contributed by atoms with Crippen LogP contribution in [-0.2, 0) is 4.74 Å². The van der Waals surface area contributed by atoms with Gasteiger partial charge in [-0.25, -0.2) is 0 Å². The molecule has 1 atom stereocenters. The van der Waals surface area contributed by atoms with E-state index in [4.69, 9.17) is 5.41 Å². The Morgan fingerprint density at radius 3 is 2.27 bits per heavy atom. The molecule has 0 spiro atoms. The maximum Gasteiger partial charge on any atom is 0.142 e.